The molecule has 2 bridgehead atoms. The SMILES string of the molecule is CC(C)CCCC(O)C1CC2CCC1C2. The molecule has 0 radical (unpaired) electrons. The van der Waals surface area contributed by atoms with E-state index < -0.39 is 0 Å². The molecule has 0 saturated heterocycles. The maximum atomic E-state index is 10.2. The van der Waals surface area contributed by atoms with Crippen LogP contribution in [0.2, 0.25) is 0 Å². The van der Waals surface area contributed by atoms with Crippen molar-refractivity contribution < 1.29 is 5.11 Å². The van der Waals surface area contributed by atoms with Crippen LogP contribution in [-0.4, -0.2) is 11.2 Å². The Morgan fingerprint density at radius 3 is 2.47 bits per heavy atom. The highest BCUT2D eigenvalue weighted by Crippen LogP contribution is 2.50. The molecule has 4 atom stereocenters. The highest BCUT2D eigenvalue weighted by atomic mass is 16.3. The van der Waals surface area contributed by atoms with Crippen LogP contribution in [-0.2, 0) is 0 Å². The summed E-state index contributed by atoms with van der Waals surface area (Å²) >= 11 is 0. The minimum absolute atomic E-state index is 0.0130. The van der Waals surface area contributed by atoms with Crippen LogP contribution in [0.4, 0.5) is 0 Å². The quantitative estimate of drug-likeness (QED) is 0.735. The minimum Gasteiger partial charge on any atom is -0.393 e. The summed E-state index contributed by atoms with van der Waals surface area (Å²) in [5, 5.41) is 10.2. The van der Waals surface area contributed by atoms with E-state index in [0.717, 1.165) is 24.2 Å². The second-order valence-corrected chi connectivity index (χ2v) is 6.23. The zero-order chi connectivity index (χ0) is 10.8. The van der Waals surface area contributed by atoms with Gasteiger partial charge in [-0.15, -0.1) is 0 Å². The number of fused-ring (bicyclic) bond motifs is 2. The van der Waals surface area contributed by atoms with Gasteiger partial charge in [0.25, 0.3) is 0 Å². The summed E-state index contributed by atoms with van der Waals surface area (Å²) in [6, 6.07) is 0. The van der Waals surface area contributed by atoms with E-state index in [-0.39, 0.29) is 6.10 Å². The molecule has 0 aromatic rings. The molecule has 0 aromatic heterocycles. The smallest absolute Gasteiger partial charge is 0.0571 e. The Hall–Kier alpha value is -0.0400. The van der Waals surface area contributed by atoms with Crippen LogP contribution in [0, 0.1) is 23.7 Å². The third kappa shape index (κ3) is 2.75. The minimum atomic E-state index is 0.0130. The number of aliphatic hydroxyl groups excluding tert-OH is 1. The highest BCUT2D eigenvalue weighted by Gasteiger charge is 2.42. The van der Waals surface area contributed by atoms with Gasteiger partial charge in [-0.05, 0) is 49.4 Å². The van der Waals surface area contributed by atoms with Crippen molar-refractivity contribution in [1.82, 2.24) is 0 Å². The first-order valence-corrected chi connectivity index (χ1v) is 6.85. The van der Waals surface area contributed by atoms with Gasteiger partial charge in [0, 0.05) is 0 Å². The first-order chi connectivity index (χ1) is 7.16. The fraction of sp³-hybridized carbons (Fsp3) is 1.00. The van der Waals surface area contributed by atoms with Crippen molar-refractivity contribution in [3.8, 4) is 0 Å². The molecule has 4 unspecified atom stereocenters. The number of hydrogen-bond acceptors (Lipinski definition) is 1. The van der Waals surface area contributed by atoms with Gasteiger partial charge in [0.1, 0.15) is 0 Å². The van der Waals surface area contributed by atoms with Crippen LogP contribution in [0.1, 0.15) is 58.8 Å². The van der Waals surface area contributed by atoms with E-state index in [1.807, 2.05) is 0 Å². The molecular weight excluding hydrogens is 184 g/mol. The lowest BCUT2D eigenvalue weighted by Crippen LogP contribution is -2.25. The van der Waals surface area contributed by atoms with Gasteiger partial charge in [0.2, 0.25) is 0 Å². The second-order valence-electron chi connectivity index (χ2n) is 6.23. The molecule has 2 fully saturated rings. The van der Waals surface area contributed by atoms with Gasteiger partial charge in [-0.3, -0.25) is 0 Å². The Morgan fingerprint density at radius 2 is 1.93 bits per heavy atom. The van der Waals surface area contributed by atoms with E-state index >= 15 is 0 Å². The normalized spacial score (nSPS) is 36.4. The van der Waals surface area contributed by atoms with Crippen molar-refractivity contribution in [2.75, 3.05) is 0 Å². The summed E-state index contributed by atoms with van der Waals surface area (Å²) in [5.74, 6) is 3.30. The van der Waals surface area contributed by atoms with Crippen LogP contribution in [0.25, 0.3) is 0 Å². The summed E-state index contributed by atoms with van der Waals surface area (Å²) in [6.45, 7) is 4.54. The van der Waals surface area contributed by atoms with Crippen molar-refractivity contribution in [1.29, 1.82) is 0 Å². The van der Waals surface area contributed by atoms with Crippen LogP contribution in [0.3, 0.4) is 0 Å². The predicted molar refractivity (Wildman–Crippen MR) is 63.6 cm³/mol. The third-order valence-corrected chi connectivity index (χ3v) is 4.57. The molecule has 88 valence electrons. The molecule has 2 saturated carbocycles. The molecule has 1 N–H and O–H groups in total. The van der Waals surface area contributed by atoms with Crippen molar-refractivity contribution in [2.24, 2.45) is 23.7 Å². The Bertz CT molecular complexity index is 200. The summed E-state index contributed by atoms with van der Waals surface area (Å²) in [5.41, 5.74) is 0. The molecule has 0 aliphatic heterocycles. The molecule has 0 aromatic carbocycles. The van der Waals surface area contributed by atoms with Gasteiger partial charge in [-0.1, -0.05) is 33.1 Å². The fourth-order valence-electron chi connectivity index (χ4n) is 3.71. The lowest BCUT2D eigenvalue weighted by Gasteiger charge is -2.26. The first-order valence-electron chi connectivity index (χ1n) is 6.85. The zero-order valence-corrected chi connectivity index (χ0v) is 10.3. The zero-order valence-electron chi connectivity index (χ0n) is 10.3. The predicted octanol–water partition coefficient (Wildman–Crippen LogP) is 3.61. The van der Waals surface area contributed by atoms with Gasteiger partial charge in [0.05, 0.1) is 6.10 Å². The van der Waals surface area contributed by atoms with E-state index in [4.69, 9.17) is 0 Å². The topological polar surface area (TPSA) is 20.2 Å². The molecule has 2 rings (SSSR count). The van der Waals surface area contributed by atoms with E-state index in [2.05, 4.69) is 13.8 Å². The Balaban J connectivity index is 1.70. The number of rotatable bonds is 5. The van der Waals surface area contributed by atoms with Crippen LogP contribution < -0.4 is 0 Å². The van der Waals surface area contributed by atoms with Gasteiger partial charge in [-0.2, -0.15) is 0 Å². The maximum Gasteiger partial charge on any atom is 0.0571 e. The van der Waals surface area contributed by atoms with Crippen LogP contribution in [0.15, 0.2) is 0 Å². The van der Waals surface area contributed by atoms with E-state index in [1.165, 1.54) is 38.5 Å². The van der Waals surface area contributed by atoms with Gasteiger partial charge in [-0.25, -0.2) is 0 Å². The molecule has 1 nitrogen and oxygen atoms in total. The first kappa shape index (κ1) is 11.4. The molecular formula is C14H26O. The molecule has 0 spiro atoms. The Labute approximate surface area is 94.3 Å². The van der Waals surface area contributed by atoms with E-state index in [0.29, 0.717) is 5.92 Å². The second kappa shape index (κ2) is 4.86. The van der Waals surface area contributed by atoms with Crippen molar-refractivity contribution in [3.63, 3.8) is 0 Å². The summed E-state index contributed by atoms with van der Waals surface area (Å²) in [6.07, 6.45) is 9.14. The van der Waals surface area contributed by atoms with Crippen molar-refractivity contribution in [2.45, 2.75) is 64.9 Å². The Morgan fingerprint density at radius 1 is 1.13 bits per heavy atom. The van der Waals surface area contributed by atoms with E-state index in [1.54, 1.807) is 0 Å². The van der Waals surface area contributed by atoms with Crippen LogP contribution in [0.5, 0.6) is 0 Å². The number of aliphatic hydroxyl groups is 1. The maximum absolute atomic E-state index is 10.2. The molecule has 2 aliphatic rings. The largest absolute Gasteiger partial charge is 0.393 e. The molecule has 15 heavy (non-hydrogen) atoms. The average molecular weight is 210 g/mol. The van der Waals surface area contributed by atoms with E-state index in [9.17, 15) is 5.11 Å². The van der Waals surface area contributed by atoms with Gasteiger partial charge < -0.3 is 5.11 Å². The van der Waals surface area contributed by atoms with Crippen LogP contribution >= 0.6 is 0 Å². The fourth-order valence-corrected chi connectivity index (χ4v) is 3.71. The number of hydrogen-bond donors (Lipinski definition) is 1. The molecule has 1 heteroatoms. The lowest BCUT2D eigenvalue weighted by atomic mass is 9.83. The standard InChI is InChI=1S/C14H26O/c1-10(2)4-3-5-14(15)13-9-11-6-7-12(13)8-11/h10-15H,3-9H2,1-2H3. The highest BCUT2D eigenvalue weighted by molar-refractivity contribution is 4.92. The average Bonchev–Trinajstić information content (AvgIpc) is 2.77. The molecule has 0 amide bonds. The van der Waals surface area contributed by atoms with Crippen molar-refractivity contribution in [3.05, 3.63) is 0 Å². The van der Waals surface area contributed by atoms with Gasteiger partial charge in [0.15, 0.2) is 0 Å². The van der Waals surface area contributed by atoms with Gasteiger partial charge >= 0.3 is 0 Å². The monoisotopic (exact) mass is 210 g/mol. The molecule has 2 aliphatic carbocycles. The summed E-state index contributed by atoms with van der Waals surface area (Å²) in [4.78, 5) is 0. The van der Waals surface area contributed by atoms with Crippen molar-refractivity contribution >= 4 is 0 Å². The lowest BCUT2D eigenvalue weighted by molar-refractivity contribution is 0.0646. The molecule has 0 heterocycles. The summed E-state index contributed by atoms with van der Waals surface area (Å²) in [7, 11) is 0. The third-order valence-electron chi connectivity index (χ3n) is 4.57. The summed E-state index contributed by atoms with van der Waals surface area (Å²) < 4.78 is 0. The Kier molecular flexibility index (Phi) is 3.71.